The predicted molar refractivity (Wildman–Crippen MR) is 125 cm³/mol. The van der Waals surface area contributed by atoms with Crippen LogP contribution >= 0.6 is 0 Å². The number of hydrogen-bond donors (Lipinski definition) is 2. The number of amidine groups is 1. The van der Waals surface area contributed by atoms with Gasteiger partial charge in [-0.25, -0.2) is 5.53 Å². The molecule has 0 saturated heterocycles. The number of nitrogens with zero attached hydrogens (tertiary/aromatic N) is 2. The van der Waals surface area contributed by atoms with Gasteiger partial charge in [-0.2, -0.15) is 13.2 Å². The molecule has 1 heterocycles. The third-order valence-electron chi connectivity index (χ3n) is 5.77. The lowest BCUT2D eigenvalue weighted by Gasteiger charge is -2.35. The molecule has 0 bridgehead atoms. The first-order chi connectivity index (χ1) is 15.1. The number of benzene rings is 1. The predicted octanol–water partition coefficient (Wildman–Crippen LogP) is 7.84. The normalized spacial score (nSPS) is 15.0. The van der Waals surface area contributed by atoms with E-state index in [1.807, 2.05) is 37.0 Å². The molecule has 0 fully saturated rings. The summed E-state index contributed by atoms with van der Waals surface area (Å²) in [4.78, 5) is 1.98. The molecule has 0 aliphatic carbocycles. The Bertz CT molecular complexity index is 968. The van der Waals surface area contributed by atoms with Gasteiger partial charge in [0.25, 0.3) is 0 Å². The minimum absolute atomic E-state index is 0.0797. The molecule has 0 aromatic heterocycles. The number of nitrogens with one attached hydrogen (secondary N) is 2. The Balaban J connectivity index is 2.52. The summed E-state index contributed by atoms with van der Waals surface area (Å²) in [5, 5.41) is 11.1. The molecule has 0 amide bonds. The second kappa shape index (κ2) is 11.1. The van der Waals surface area contributed by atoms with E-state index < -0.39 is 11.7 Å². The van der Waals surface area contributed by atoms with Crippen LogP contribution in [-0.4, -0.2) is 25.1 Å². The summed E-state index contributed by atoms with van der Waals surface area (Å²) in [6.45, 7) is 9.80. The number of allylic oxidation sites excluding steroid dienone is 5. The SMILES string of the molecule is C=CCC/C(=C(\C)CN1CC(CC/C=C\C)=C(C)c2cc(C(=N)N=N)ccc21)C(F)(F)F. The van der Waals surface area contributed by atoms with Gasteiger partial charge in [0.05, 0.1) is 0 Å². The zero-order chi connectivity index (χ0) is 23.9. The van der Waals surface area contributed by atoms with Crippen molar-refractivity contribution in [3.8, 4) is 0 Å². The van der Waals surface area contributed by atoms with Crippen molar-refractivity contribution in [1.29, 1.82) is 10.9 Å². The molecule has 1 aromatic carbocycles. The van der Waals surface area contributed by atoms with Crippen LogP contribution < -0.4 is 4.90 Å². The Labute approximate surface area is 188 Å². The van der Waals surface area contributed by atoms with E-state index in [9.17, 15) is 13.2 Å². The number of fused-ring (bicyclic) bond motifs is 1. The summed E-state index contributed by atoms with van der Waals surface area (Å²) in [5.74, 6) is -0.145. The van der Waals surface area contributed by atoms with E-state index in [-0.39, 0.29) is 25.2 Å². The zero-order valence-corrected chi connectivity index (χ0v) is 18.9. The second-order valence-corrected chi connectivity index (χ2v) is 7.97. The lowest BCUT2D eigenvalue weighted by atomic mass is 9.90. The number of halogens is 3. The number of rotatable bonds is 9. The highest BCUT2D eigenvalue weighted by Crippen LogP contribution is 2.39. The van der Waals surface area contributed by atoms with Crippen LogP contribution in [0.1, 0.15) is 57.6 Å². The quantitative estimate of drug-likeness (QED) is 0.173. The zero-order valence-electron chi connectivity index (χ0n) is 18.9. The molecule has 0 saturated carbocycles. The Morgan fingerprint density at radius 2 is 2.00 bits per heavy atom. The summed E-state index contributed by atoms with van der Waals surface area (Å²) < 4.78 is 41.1. The summed E-state index contributed by atoms with van der Waals surface area (Å²) in [5.41, 5.74) is 11.4. The van der Waals surface area contributed by atoms with Crippen molar-refractivity contribution in [2.45, 2.75) is 52.6 Å². The molecule has 172 valence electrons. The van der Waals surface area contributed by atoms with E-state index in [0.29, 0.717) is 17.7 Å². The van der Waals surface area contributed by atoms with Crippen molar-refractivity contribution < 1.29 is 13.2 Å². The van der Waals surface area contributed by atoms with Gasteiger partial charge in [-0.3, -0.25) is 5.41 Å². The van der Waals surface area contributed by atoms with Gasteiger partial charge in [0, 0.05) is 35.5 Å². The van der Waals surface area contributed by atoms with Crippen LogP contribution in [0.25, 0.3) is 5.57 Å². The van der Waals surface area contributed by atoms with Crippen LogP contribution in [0.15, 0.2) is 64.8 Å². The number of anilines is 1. The van der Waals surface area contributed by atoms with Crippen molar-refractivity contribution in [1.82, 2.24) is 0 Å². The fraction of sp³-hybridized carbons (Fsp3) is 0.400. The molecule has 0 unspecified atom stereocenters. The van der Waals surface area contributed by atoms with E-state index in [1.54, 1.807) is 13.0 Å². The fourth-order valence-electron chi connectivity index (χ4n) is 4.01. The lowest BCUT2D eigenvalue weighted by Crippen LogP contribution is -2.32. The summed E-state index contributed by atoms with van der Waals surface area (Å²) >= 11 is 0. The third kappa shape index (κ3) is 6.05. The van der Waals surface area contributed by atoms with Crippen LogP contribution in [0.5, 0.6) is 0 Å². The van der Waals surface area contributed by atoms with E-state index in [1.165, 1.54) is 6.08 Å². The molecule has 0 radical (unpaired) electrons. The summed E-state index contributed by atoms with van der Waals surface area (Å²) in [6, 6.07) is 5.33. The van der Waals surface area contributed by atoms with Crippen molar-refractivity contribution >= 4 is 17.1 Å². The maximum Gasteiger partial charge on any atom is 0.412 e. The first-order valence-corrected chi connectivity index (χ1v) is 10.7. The van der Waals surface area contributed by atoms with E-state index in [2.05, 4.69) is 17.8 Å². The van der Waals surface area contributed by atoms with E-state index >= 15 is 0 Å². The molecule has 32 heavy (non-hydrogen) atoms. The first-order valence-electron chi connectivity index (χ1n) is 10.7. The van der Waals surface area contributed by atoms with Crippen molar-refractivity contribution in [2.24, 2.45) is 5.11 Å². The maximum atomic E-state index is 13.7. The van der Waals surface area contributed by atoms with Crippen LogP contribution in [0.2, 0.25) is 0 Å². The average molecular weight is 445 g/mol. The third-order valence-corrected chi connectivity index (χ3v) is 5.77. The average Bonchev–Trinajstić information content (AvgIpc) is 2.75. The Hall–Kier alpha value is -2.96. The Morgan fingerprint density at radius 1 is 1.28 bits per heavy atom. The summed E-state index contributed by atoms with van der Waals surface area (Å²) in [6.07, 6.45) is 3.06. The van der Waals surface area contributed by atoms with Crippen LogP contribution in [0.4, 0.5) is 18.9 Å². The molecular weight excluding hydrogens is 413 g/mol. The molecule has 0 spiro atoms. The molecule has 4 nitrogen and oxygen atoms in total. The highest BCUT2D eigenvalue weighted by Gasteiger charge is 2.35. The largest absolute Gasteiger partial charge is 0.412 e. The van der Waals surface area contributed by atoms with Gasteiger partial charge in [-0.15, -0.1) is 11.7 Å². The van der Waals surface area contributed by atoms with Gasteiger partial charge >= 0.3 is 6.18 Å². The van der Waals surface area contributed by atoms with E-state index in [0.717, 1.165) is 35.2 Å². The van der Waals surface area contributed by atoms with Crippen molar-refractivity contribution in [3.05, 3.63) is 70.9 Å². The highest BCUT2D eigenvalue weighted by molar-refractivity contribution is 5.98. The van der Waals surface area contributed by atoms with Gasteiger partial charge in [-0.05, 0) is 81.4 Å². The van der Waals surface area contributed by atoms with Crippen LogP contribution in [0, 0.1) is 10.9 Å². The van der Waals surface area contributed by atoms with Crippen LogP contribution in [0.3, 0.4) is 0 Å². The molecule has 1 aliphatic rings. The van der Waals surface area contributed by atoms with Crippen molar-refractivity contribution in [2.75, 3.05) is 18.0 Å². The van der Waals surface area contributed by atoms with Gasteiger partial charge < -0.3 is 4.90 Å². The van der Waals surface area contributed by atoms with Crippen LogP contribution in [-0.2, 0) is 0 Å². The Kier molecular flexibility index (Phi) is 8.75. The smallest absolute Gasteiger partial charge is 0.363 e. The van der Waals surface area contributed by atoms with E-state index in [4.69, 9.17) is 10.9 Å². The molecule has 2 rings (SSSR count). The minimum atomic E-state index is -4.37. The molecular formula is C25H31F3N4. The second-order valence-electron chi connectivity index (χ2n) is 7.97. The van der Waals surface area contributed by atoms with Gasteiger partial charge in [0.1, 0.15) is 0 Å². The standard InChI is InChI=1S/C25H31F3N4/c1-5-7-9-10-20-16-32(15-17(3)22(11-8-6-2)25(26,27)28)23-13-12-19(24(29)31-30)14-21(23)18(20)4/h5-7,12-14,29-30H,2,8-11,15-16H2,1,3-4H3/b7-5-,22-17-,29-24?,31-30?. The molecule has 1 aromatic rings. The topological polar surface area (TPSA) is 63.3 Å². The van der Waals surface area contributed by atoms with Crippen molar-refractivity contribution in [3.63, 3.8) is 0 Å². The highest BCUT2D eigenvalue weighted by atomic mass is 19.4. The molecule has 1 aliphatic heterocycles. The minimum Gasteiger partial charge on any atom is -0.363 e. The summed E-state index contributed by atoms with van der Waals surface area (Å²) in [7, 11) is 0. The van der Waals surface area contributed by atoms with Gasteiger partial charge in [-0.1, -0.05) is 18.2 Å². The fourth-order valence-corrected chi connectivity index (χ4v) is 4.01. The first kappa shape index (κ1) is 25.3. The van der Waals surface area contributed by atoms with Gasteiger partial charge in [0.15, 0.2) is 5.84 Å². The Morgan fingerprint density at radius 3 is 2.59 bits per heavy atom. The van der Waals surface area contributed by atoms with Gasteiger partial charge in [0.2, 0.25) is 0 Å². The monoisotopic (exact) mass is 444 g/mol. The number of hydrogen-bond acceptors (Lipinski definition) is 3. The maximum absolute atomic E-state index is 13.7. The molecule has 7 heteroatoms. The molecule has 2 N–H and O–H groups in total. The lowest BCUT2D eigenvalue weighted by molar-refractivity contribution is -0.0947. The molecule has 0 atom stereocenters. The number of alkyl halides is 3.